The Kier molecular flexibility index (Phi) is 5.56. The molecular weight excluding hydrogens is 423 g/mol. The Labute approximate surface area is 189 Å². The lowest BCUT2D eigenvalue weighted by molar-refractivity contribution is 0.0696. The Hall–Kier alpha value is -3.71. The first-order valence-electron chi connectivity index (χ1n) is 10.9. The molecule has 2 aromatic carbocycles. The topological polar surface area (TPSA) is 84.3 Å². The molecule has 0 unspecified atom stereocenters. The highest BCUT2D eigenvalue weighted by molar-refractivity contribution is 6.19. The molecular formula is C26H23FN2O4. The fraction of sp³-hybridized carbons (Fsp3) is 0.231. The second kappa shape index (κ2) is 8.67. The lowest BCUT2D eigenvalue weighted by Gasteiger charge is -2.23. The Balaban J connectivity index is 1.44. The number of hydrogen-bond acceptors (Lipinski definition) is 4. The lowest BCUT2D eigenvalue weighted by Crippen LogP contribution is -2.38. The Morgan fingerprint density at radius 3 is 2.61 bits per heavy atom. The van der Waals surface area contributed by atoms with Gasteiger partial charge in [0.15, 0.2) is 5.78 Å². The summed E-state index contributed by atoms with van der Waals surface area (Å²) in [5.41, 5.74) is 3.45. The van der Waals surface area contributed by atoms with Crippen LogP contribution < -0.4 is 5.32 Å². The molecule has 0 bridgehead atoms. The summed E-state index contributed by atoms with van der Waals surface area (Å²) in [5.74, 6) is -0.206. The number of fused-ring (bicyclic) bond motifs is 1. The maximum Gasteiger partial charge on any atom is 0.251 e. The maximum absolute atomic E-state index is 13.5. The van der Waals surface area contributed by atoms with Crippen molar-refractivity contribution < 1.29 is 23.1 Å². The van der Waals surface area contributed by atoms with Crippen molar-refractivity contribution >= 4 is 22.6 Å². The number of hydrogen-bond donors (Lipinski definition) is 2. The molecule has 2 N–H and O–H groups in total. The molecule has 1 fully saturated rings. The molecule has 1 aliphatic rings. The van der Waals surface area contributed by atoms with Crippen molar-refractivity contribution in [3.63, 3.8) is 0 Å². The largest absolute Gasteiger partial charge is 0.468 e. The van der Waals surface area contributed by atoms with E-state index >= 15 is 0 Å². The van der Waals surface area contributed by atoms with Crippen LogP contribution in [0.15, 0.2) is 59.3 Å². The molecule has 1 aliphatic heterocycles. The van der Waals surface area contributed by atoms with Crippen LogP contribution in [-0.2, 0) is 4.74 Å². The van der Waals surface area contributed by atoms with Gasteiger partial charge in [0.05, 0.1) is 11.8 Å². The van der Waals surface area contributed by atoms with Crippen LogP contribution in [0.1, 0.15) is 44.9 Å². The molecule has 0 radical (unpaired) electrons. The first-order valence-corrected chi connectivity index (χ1v) is 10.9. The minimum Gasteiger partial charge on any atom is -0.468 e. The van der Waals surface area contributed by atoms with E-state index < -0.39 is 0 Å². The zero-order valence-electron chi connectivity index (χ0n) is 18.1. The fourth-order valence-electron chi connectivity index (χ4n) is 4.28. The number of H-pyrrole nitrogens is 1. The van der Waals surface area contributed by atoms with Gasteiger partial charge >= 0.3 is 0 Å². The molecule has 168 valence electrons. The SMILES string of the molecule is Cc1occ(-c2ccc(F)cc2)c1C(=O)c1c[nH]c2cc(C(=O)NC3CCOCC3)ccc12. The van der Waals surface area contributed by atoms with Gasteiger partial charge in [0.2, 0.25) is 0 Å². The molecule has 5 rings (SSSR count). The summed E-state index contributed by atoms with van der Waals surface area (Å²) in [7, 11) is 0. The number of ketones is 1. The van der Waals surface area contributed by atoms with Crippen LogP contribution in [0.2, 0.25) is 0 Å². The van der Waals surface area contributed by atoms with Crippen LogP contribution in [-0.4, -0.2) is 35.9 Å². The molecule has 2 aromatic heterocycles. The molecule has 0 atom stereocenters. The molecule has 0 saturated carbocycles. The van der Waals surface area contributed by atoms with Crippen LogP contribution in [0.4, 0.5) is 4.39 Å². The second-order valence-electron chi connectivity index (χ2n) is 8.24. The van der Waals surface area contributed by atoms with E-state index in [0.29, 0.717) is 57.7 Å². The van der Waals surface area contributed by atoms with Crippen molar-refractivity contribution in [1.82, 2.24) is 10.3 Å². The van der Waals surface area contributed by atoms with Crippen molar-refractivity contribution in [3.05, 3.63) is 83.2 Å². The average molecular weight is 446 g/mol. The van der Waals surface area contributed by atoms with Gasteiger partial charge in [-0.25, -0.2) is 4.39 Å². The smallest absolute Gasteiger partial charge is 0.251 e. The van der Waals surface area contributed by atoms with Crippen molar-refractivity contribution in [2.24, 2.45) is 0 Å². The number of amides is 1. The number of benzene rings is 2. The Morgan fingerprint density at radius 2 is 1.85 bits per heavy atom. The third-order valence-electron chi connectivity index (χ3n) is 6.10. The first kappa shape index (κ1) is 21.2. The highest BCUT2D eigenvalue weighted by Crippen LogP contribution is 2.32. The number of furan rings is 1. The number of carbonyl (C=O) groups excluding carboxylic acids is 2. The number of aryl methyl sites for hydroxylation is 1. The summed E-state index contributed by atoms with van der Waals surface area (Å²) in [4.78, 5) is 29.3. The van der Waals surface area contributed by atoms with Gasteiger partial charge in [0.25, 0.3) is 5.91 Å². The van der Waals surface area contributed by atoms with Crippen LogP contribution in [0, 0.1) is 12.7 Å². The van der Waals surface area contributed by atoms with E-state index in [1.165, 1.54) is 18.4 Å². The number of ether oxygens (including phenoxy) is 1. The Morgan fingerprint density at radius 1 is 1.09 bits per heavy atom. The molecule has 1 amide bonds. The highest BCUT2D eigenvalue weighted by atomic mass is 19.1. The third kappa shape index (κ3) is 4.07. The number of nitrogens with one attached hydrogen (secondary N) is 2. The average Bonchev–Trinajstić information content (AvgIpc) is 3.43. The van der Waals surface area contributed by atoms with Gasteiger partial charge in [-0.1, -0.05) is 18.2 Å². The molecule has 3 heterocycles. The lowest BCUT2D eigenvalue weighted by atomic mass is 9.95. The summed E-state index contributed by atoms with van der Waals surface area (Å²) in [6, 6.07) is 11.3. The molecule has 7 heteroatoms. The molecule has 4 aromatic rings. The normalized spacial score (nSPS) is 14.5. The van der Waals surface area contributed by atoms with Gasteiger partial charge in [-0.05, 0) is 49.6 Å². The number of carbonyl (C=O) groups is 2. The van der Waals surface area contributed by atoms with E-state index in [1.807, 2.05) is 0 Å². The van der Waals surface area contributed by atoms with Gasteiger partial charge in [-0.3, -0.25) is 9.59 Å². The van der Waals surface area contributed by atoms with Crippen molar-refractivity contribution in [2.75, 3.05) is 13.2 Å². The van der Waals surface area contributed by atoms with Crippen molar-refractivity contribution in [3.8, 4) is 11.1 Å². The zero-order valence-corrected chi connectivity index (χ0v) is 18.1. The van der Waals surface area contributed by atoms with Gasteiger partial charge in [-0.15, -0.1) is 0 Å². The number of aromatic amines is 1. The van der Waals surface area contributed by atoms with Crippen LogP contribution in [0.5, 0.6) is 0 Å². The first-order chi connectivity index (χ1) is 16.0. The number of rotatable bonds is 5. The van der Waals surface area contributed by atoms with E-state index in [1.54, 1.807) is 43.5 Å². The van der Waals surface area contributed by atoms with E-state index in [2.05, 4.69) is 10.3 Å². The van der Waals surface area contributed by atoms with E-state index in [-0.39, 0.29) is 23.5 Å². The second-order valence-corrected chi connectivity index (χ2v) is 8.24. The summed E-state index contributed by atoms with van der Waals surface area (Å²) in [6.07, 6.45) is 4.77. The molecule has 0 spiro atoms. The van der Waals surface area contributed by atoms with Crippen LogP contribution >= 0.6 is 0 Å². The van der Waals surface area contributed by atoms with Crippen LogP contribution in [0.25, 0.3) is 22.0 Å². The third-order valence-corrected chi connectivity index (χ3v) is 6.10. The molecule has 0 aliphatic carbocycles. The van der Waals surface area contributed by atoms with E-state index in [9.17, 15) is 14.0 Å². The highest BCUT2D eigenvalue weighted by Gasteiger charge is 2.24. The number of aromatic nitrogens is 1. The predicted molar refractivity (Wildman–Crippen MR) is 122 cm³/mol. The van der Waals surface area contributed by atoms with Crippen molar-refractivity contribution in [1.29, 1.82) is 0 Å². The monoisotopic (exact) mass is 446 g/mol. The maximum atomic E-state index is 13.5. The predicted octanol–water partition coefficient (Wildman–Crippen LogP) is 5.02. The number of halogens is 1. The summed E-state index contributed by atoms with van der Waals surface area (Å²) < 4.78 is 24.2. The van der Waals surface area contributed by atoms with E-state index in [0.717, 1.165) is 12.8 Å². The van der Waals surface area contributed by atoms with Gasteiger partial charge < -0.3 is 19.5 Å². The van der Waals surface area contributed by atoms with E-state index in [4.69, 9.17) is 9.15 Å². The summed E-state index contributed by atoms with van der Waals surface area (Å²) >= 11 is 0. The molecule has 33 heavy (non-hydrogen) atoms. The zero-order chi connectivity index (χ0) is 22.9. The minimum absolute atomic E-state index is 0.108. The van der Waals surface area contributed by atoms with Crippen LogP contribution in [0.3, 0.4) is 0 Å². The quantitative estimate of drug-likeness (QED) is 0.422. The summed E-state index contributed by atoms with van der Waals surface area (Å²) in [6.45, 7) is 3.03. The molecule has 6 nitrogen and oxygen atoms in total. The van der Waals surface area contributed by atoms with Gasteiger partial charge in [0.1, 0.15) is 11.6 Å². The fourth-order valence-corrected chi connectivity index (χ4v) is 4.28. The standard InChI is InChI=1S/C26H23FN2O4/c1-15-24(22(14-33-15)16-2-5-18(27)6-3-16)25(30)21-13-28-23-12-17(4-7-20(21)23)26(31)29-19-8-10-32-11-9-19/h2-7,12-14,19,28H,8-11H2,1H3,(H,29,31). The van der Waals surface area contributed by atoms with Gasteiger partial charge in [0, 0.05) is 53.0 Å². The van der Waals surface area contributed by atoms with Crippen molar-refractivity contribution in [2.45, 2.75) is 25.8 Å². The summed E-state index contributed by atoms with van der Waals surface area (Å²) in [5, 5.41) is 3.77. The minimum atomic E-state index is -0.347. The molecule has 1 saturated heterocycles. The Bertz CT molecular complexity index is 1330. The van der Waals surface area contributed by atoms with Gasteiger partial charge in [-0.2, -0.15) is 0 Å².